The second kappa shape index (κ2) is 8.64. The van der Waals surface area contributed by atoms with Crippen LogP contribution in [-0.2, 0) is 4.79 Å². The predicted molar refractivity (Wildman–Crippen MR) is 130 cm³/mol. The van der Waals surface area contributed by atoms with Gasteiger partial charge in [-0.3, -0.25) is 4.79 Å². The Morgan fingerprint density at radius 2 is 2.21 bits per heavy atom. The van der Waals surface area contributed by atoms with Crippen molar-refractivity contribution in [1.82, 2.24) is 14.3 Å². The third kappa shape index (κ3) is 3.64. The quantitative estimate of drug-likeness (QED) is 0.671. The van der Waals surface area contributed by atoms with Crippen molar-refractivity contribution in [3.05, 3.63) is 47.3 Å². The number of rotatable bonds is 6. The number of hydrogen-bond donors (Lipinski definition) is 1. The van der Waals surface area contributed by atoms with Crippen molar-refractivity contribution < 1.29 is 14.6 Å². The molecule has 1 saturated carbocycles. The first-order valence-corrected chi connectivity index (χ1v) is 12.5. The number of aliphatic hydroxyl groups is 1. The van der Waals surface area contributed by atoms with Crippen molar-refractivity contribution in [1.29, 1.82) is 5.26 Å². The van der Waals surface area contributed by atoms with E-state index in [0.717, 1.165) is 29.0 Å². The molecule has 3 atom stereocenters. The molecule has 2 heterocycles. The van der Waals surface area contributed by atoms with Gasteiger partial charge >= 0.3 is 0 Å². The maximum absolute atomic E-state index is 12.6. The molecule has 2 aromatic rings. The van der Waals surface area contributed by atoms with Crippen LogP contribution in [0.5, 0.6) is 5.75 Å². The van der Waals surface area contributed by atoms with Crippen LogP contribution >= 0.6 is 11.5 Å². The molecule has 8 heteroatoms. The van der Waals surface area contributed by atoms with Crippen molar-refractivity contribution in [2.75, 3.05) is 13.2 Å². The number of aromatic nitrogens is 2. The summed E-state index contributed by atoms with van der Waals surface area (Å²) in [6.45, 7) is 6.47. The van der Waals surface area contributed by atoms with E-state index >= 15 is 0 Å². The molecule has 0 radical (unpaired) electrons. The van der Waals surface area contributed by atoms with E-state index in [4.69, 9.17) is 9.72 Å². The Morgan fingerprint density at radius 3 is 2.94 bits per heavy atom. The van der Waals surface area contributed by atoms with Gasteiger partial charge in [-0.2, -0.15) is 9.64 Å². The summed E-state index contributed by atoms with van der Waals surface area (Å²) in [5, 5.41) is 19.8. The number of aliphatic hydroxyl groups excluding tert-OH is 1. The van der Waals surface area contributed by atoms with Crippen LogP contribution in [0.2, 0.25) is 0 Å². The van der Waals surface area contributed by atoms with Gasteiger partial charge in [-0.1, -0.05) is 24.6 Å². The van der Waals surface area contributed by atoms with E-state index in [1.807, 2.05) is 30.9 Å². The third-order valence-corrected chi connectivity index (χ3v) is 7.98. The number of allylic oxidation sites excluding steroid dienone is 3. The molecule has 176 valence electrons. The highest BCUT2D eigenvalue weighted by atomic mass is 32.1. The topological polar surface area (TPSA) is 99.3 Å². The van der Waals surface area contributed by atoms with E-state index in [0.29, 0.717) is 30.1 Å². The highest BCUT2D eigenvalue weighted by molar-refractivity contribution is 7.09. The summed E-state index contributed by atoms with van der Waals surface area (Å²) in [7, 11) is 0. The maximum atomic E-state index is 12.6. The summed E-state index contributed by atoms with van der Waals surface area (Å²) < 4.78 is 10.4. The fourth-order valence-electron chi connectivity index (χ4n) is 5.91. The Balaban J connectivity index is 1.49. The Hall–Kier alpha value is -3.02. The van der Waals surface area contributed by atoms with Crippen molar-refractivity contribution in [3.8, 4) is 22.4 Å². The van der Waals surface area contributed by atoms with Crippen molar-refractivity contribution in [2.45, 2.75) is 52.2 Å². The number of amides is 1. The van der Waals surface area contributed by atoms with Crippen molar-refractivity contribution in [3.63, 3.8) is 0 Å². The molecule has 3 aliphatic rings. The summed E-state index contributed by atoms with van der Waals surface area (Å²) in [5.41, 5.74) is 3.50. The van der Waals surface area contributed by atoms with E-state index < -0.39 is 0 Å². The van der Waals surface area contributed by atoms with Gasteiger partial charge in [0, 0.05) is 35.6 Å². The minimum Gasteiger partial charge on any atom is -0.490 e. The van der Waals surface area contributed by atoms with Gasteiger partial charge < -0.3 is 14.7 Å². The minimum absolute atomic E-state index is 0.0126. The van der Waals surface area contributed by atoms with Gasteiger partial charge in [-0.25, -0.2) is 4.98 Å². The van der Waals surface area contributed by atoms with Gasteiger partial charge in [0.25, 0.3) is 0 Å². The van der Waals surface area contributed by atoms with Gasteiger partial charge in [0.2, 0.25) is 5.91 Å². The van der Waals surface area contributed by atoms with E-state index in [9.17, 15) is 15.2 Å². The summed E-state index contributed by atoms with van der Waals surface area (Å²) in [6, 6.07) is 7.86. The lowest BCUT2D eigenvalue weighted by molar-refractivity contribution is -0.130. The molecule has 1 aromatic carbocycles. The van der Waals surface area contributed by atoms with E-state index in [1.54, 1.807) is 6.07 Å². The van der Waals surface area contributed by atoms with Crippen molar-refractivity contribution in [2.24, 2.45) is 11.3 Å². The fraction of sp³-hybridized carbons (Fsp3) is 0.462. The molecule has 1 amide bonds. The van der Waals surface area contributed by atoms with E-state index in [1.165, 1.54) is 17.1 Å². The van der Waals surface area contributed by atoms with Gasteiger partial charge in [-0.15, -0.1) is 0 Å². The average molecular weight is 477 g/mol. The molecule has 34 heavy (non-hydrogen) atoms. The minimum atomic E-state index is -0.175. The van der Waals surface area contributed by atoms with Gasteiger partial charge in [0.1, 0.15) is 16.8 Å². The lowest BCUT2D eigenvalue weighted by Crippen LogP contribution is -2.45. The van der Waals surface area contributed by atoms with Gasteiger partial charge in [-0.05, 0) is 62.3 Å². The fourth-order valence-corrected chi connectivity index (χ4v) is 6.58. The zero-order chi connectivity index (χ0) is 24.0. The Morgan fingerprint density at radius 1 is 1.38 bits per heavy atom. The monoisotopic (exact) mass is 476 g/mol. The van der Waals surface area contributed by atoms with Crippen LogP contribution in [0.15, 0.2) is 35.9 Å². The second-order valence-electron chi connectivity index (χ2n) is 9.75. The van der Waals surface area contributed by atoms with E-state index in [2.05, 4.69) is 29.5 Å². The number of ether oxygens (including phenoxy) is 1. The number of carbonyl (C=O) groups excluding carboxylic acids is 1. The van der Waals surface area contributed by atoms with Crippen molar-refractivity contribution >= 4 is 23.0 Å². The largest absolute Gasteiger partial charge is 0.490 e. The lowest BCUT2D eigenvalue weighted by atomic mass is 9.73. The Kier molecular flexibility index (Phi) is 5.78. The standard InChI is InChI=1S/C26H28N4O3S/c1-15(2)33-21-7-6-16(11-18(21)14-27)25-28-24(29-34-25)19-5-4-8-26(3)20(19)12-17-13-22(32)30(9-10-31)23(17)26/h4-7,11,15,17,23,31H,8-10,12-13H2,1-3H3/t17-,23+,26?/m0/s1. The third-order valence-electron chi connectivity index (χ3n) is 7.22. The Bertz CT molecular complexity index is 1240. The molecule has 7 nitrogen and oxygen atoms in total. The molecule has 0 bridgehead atoms. The molecule has 1 N–H and O–H groups in total. The first-order chi connectivity index (χ1) is 16.4. The van der Waals surface area contributed by atoms with Crippen LogP contribution in [0, 0.1) is 22.7 Å². The molecule has 2 aliphatic carbocycles. The molecule has 1 unspecified atom stereocenters. The summed E-state index contributed by atoms with van der Waals surface area (Å²) in [6.07, 6.45) is 6.51. The molecular formula is C26H28N4O3S. The first kappa shape index (κ1) is 22.8. The molecule has 1 saturated heterocycles. The second-order valence-corrected chi connectivity index (χ2v) is 10.5. The highest BCUT2D eigenvalue weighted by Crippen LogP contribution is 2.58. The molecule has 2 fully saturated rings. The number of benzene rings is 1. The van der Waals surface area contributed by atoms with Crippen LogP contribution in [0.4, 0.5) is 0 Å². The smallest absolute Gasteiger partial charge is 0.223 e. The summed E-state index contributed by atoms with van der Waals surface area (Å²) in [5.74, 6) is 1.67. The normalized spacial score (nSPS) is 25.6. The van der Waals surface area contributed by atoms with Crippen LogP contribution in [-0.4, -0.2) is 50.6 Å². The number of fused-ring (bicyclic) bond motifs is 3. The molecule has 1 aromatic heterocycles. The van der Waals surface area contributed by atoms with Gasteiger partial charge in [0.15, 0.2) is 5.82 Å². The number of nitriles is 1. The molecular weight excluding hydrogens is 448 g/mol. The lowest BCUT2D eigenvalue weighted by Gasteiger charge is -2.39. The van der Waals surface area contributed by atoms with Crippen LogP contribution < -0.4 is 4.74 Å². The summed E-state index contributed by atoms with van der Waals surface area (Å²) in [4.78, 5) is 19.3. The zero-order valence-electron chi connectivity index (χ0n) is 19.6. The molecule has 5 rings (SSSR count). The first-order valence-electron chi connectivity index (χ1n) is 11.7. The number of hydrogen-bond acceptors (Lipinski definition) is 7. The zero-order valence-corrected chi connectivity index (χ0v) is 20.4. The van der Waals surface area contributed by atoms with Crippen LogP contribution in [0.25, 0.3) is 16.1 Å². The maximum Gasteiger partial charge on any atom is 0.223 e. The Labute approximate surface area is 203 Å². The number of nitrogens with zero attached hydrogens (tertiary/aromatic N) is 4. The molecule has 0 spiro atoms. The van der Waals surface area contributed by atoms with Crippen LogP contribution in [0.1, 0.15) is 51.4 Å². The highest BCUT2D eigenvalue weighted by Gasteiger charge is 2.57. The van der Waals surface area contributed by atoms with Gasteiger partial charge in [0.05, 0.1) is 18.3 Å². The SMILES string of the molecule is CC(C)Oc1ccc(-c2nc(C3=C4C[C@H]5CC(=O)N(CCO)[C@H]5C4(C)CC=C3)ns2)cc1C#N. The van der Waals surface area contributed by atoms with E-state index in [-0.39, 0.29) is 36.0 Å². The number of β-amino-alcohol motifs (C(OH)–C–C–N with tert-alkyl or cyclic N) is 1. The van der Waals surface area contributed by atoms with Crippen LogP contribution in [0.3, 0.4) is 0 Å². The predicted octanol–water partition coefficient (Wildman–Crippen LogP) is 4.20. The average Bonchev–Trinajstić information content (AvgIpc) is 3.48. The number of carbonyl (C=O) groups is 1. The summed E-state index contributed by atoms with van der Waals surface area (Å²) >= 11 is 1.32. The molecule has 1 aliphatic heterocycles. The number of likely N-dealkylation sites (tertiary alicyclic amines) is 1.